The predicted molar refractivity (Wildman–Crippen MR) is 238 cm³/mol. The van der Waals surface area contributed by atoms with E-state index in [-0.39, 0.29) is 31.1 Å². The van der Waals surface area contributed by atoms with Crippen molar-refractivity contribution in [2.75, 3.05) is 13.2 Å². The van der Waals surface area contributed by atoms with Crippen LogP contribution in [-0.4, -0.2) is 37.2 Å². The number of hydrogen-bond donors (Lipinski definition) is 0. The minimum Gasteiger partial charge on any atom is -0.462 e. The van der Waals surface area contributed by atoms with Gasteiger partial charge in [-0.2, -0.15) is 0 Å². The van der Waals surface area contributed by atoms with Crippen molar-refractivity contribution in [3.05, 3.63) is 0 Å². The maximum absolute atomic E-state index is 12.6. The second-order valence-electron chi connectivity index (χ2n) is 17.6. The van der Waals surface area contributed by atoms with Crippen molar-refractivity contribution >= 4 is 17.9 Å². The van der Waals surface area contributed by atoms with Crippen molar-refractivity contribution in [3.8, 4) is 0 Å². The molecule has 0 saturated carbocycles. The Kier molecular flexibility index (Phi) is 43.2. The highest BCUT2D eigenvalue weighted by molar-refractivity contribution is 5.71. The summed E-state index contributed by atoms with van der Waals surface area (Å²) in [5, 5.41) is 0. The molecule has 0 heterocycles. The van der Waals surface area contributed by atoms with Crippen molar-refractivity contribution in [1.29, 1.82) is 0 Å². The number of esters is 3. The van der Waals surface area contributed by atoms with Crippen LogP contribution in [0.4, 0.5) is 0 Å². The number of hydrogen-bond acceptors (Lipinski definition) is 6. The molecule has 0 N–H and O–H groups in total. The molecular weight excluding hydrogens is 697 g/mol. The van der Waals surface area contributed by atoms with E-state index in [1.165, 1.54) is 173 Å². The van der Waals surface area contributed by atoms with Gasteiger partial charge in [0, 0.05) is 19.3 Å². The Hall–Kier alpha value is -1.59. The molecule has 0 aliphatic rings. The highest BCUT2D eigenvalue weighted by Crippen LogP contribution is 2.17. The molecule has 0 amide bonds. The van der Waals surface area contributed by atoms with Crippen LogP contribution in [0.3, 0.4) is 0 Å². The van der Waals surface area contributed by atoms with Crippen LogP contribution in [0.25, 0.3) is 0 Å². The van der Waals surface area contributed by atoms with Crippen LogP contribution >= 0.6 is 0 Å². The van der Waals surface area contributed by atoms with Crippen LogP contribution in [0.5, 0.6) is 0 Å². The molecule has 0 rings (SSSR count). The highest BCUT2D eigenvalue weighted by atomic mass is 16.6. The molecular formula is C50H96O6. The summed E-state index contributed by atoms with van der Waals surface area (Å²) in [4.78, 5) is 37.7. The van der Waals surface area contributed by atoms with Crippen LogP contribution in [-0.2, 0) is 28.6 Å². The molecule has 6 nitrogen and oxygen atoms in total. The Bertz CT molecular complexity index is 841. The van der Waals surface area contributed by atoms with Gasteiger partial charge in [-0.3, -0.25) is 14.4 Å². The molecule has 0 aromatic rings. The summed E-state index contributed by atoms with van der Waals surface area (Å²) in [7, 11) is 0. The fourth-order valence-corrected chi connectivity index (χ4v) is 7.51. The Morgan fingerprint density at radius 1 is 0.339 bits per heavy atom. The molecule has 0 radical (unpaired) electrons. The van der Waals surface area contributed by atoms with Gasteiger partial charge in [-0.25, -0.2) is 0 Å². The molecule has 56 heavy (non-hydrogen) atoms. The lowest BCUT2D eigenvalue weighted by Gasteiger charge is -2.18. The Morgan fingerprint density at radius 2 is 0.589 bits per heavy atom. The topological polar surface area (TPSA) is 78.9 Å². The van der Waals surface area contributed by atoms with Crippen LogP contribution in [0.15, 0.2) is 0 Å². The zero-order chi connectivity index (χ0) is 41.0. The Balaban J connectivity index is 4.17. The lowest BCUT2D eigenvalue weighted by molar-refractivity contribution is -0.167. The predicted octanol–water partition coefficient (Wildman–Crippen LogP) is 15.9. The zero-order valence-electron chi connectivity index (χ0n) is 38.1. The van der Waals surface area contributed by atoms with Crippen molar-refractivity contribution in [3.63, 3.8) is 0 Å². The summed E-state index contributed by atoms with van der Waals surface area (Å²) < 4.78 is 16.7. The summed E-state index contributed by atoms with van der Waals surface area (Å²) in [5.74, 6) is -0.0279. The third kappa shape index (κ3) is 43.5. The lowest BCUT2D eigenvalue weighted by Crippen LogP contribution is -2.30. The normalized spacial score (nSPS) is 11.9. The van der Waals surface area contributed by atoms with Gasteiger partial charge in [-0.05, 0) is 25.2 Å². The maximum Gasteiger partial charge on any atom is 0.306 e. The van der Waals surface area contributed by atoms with Crippen molar-refractivity contribution in [2.45, 2.75) is 284 Å². The molecule has 0 aliphatic heterocycles. The zero-order valence-corrected chi connectivity index (χ0v) is 38.1. The third-order valence-corrected chi connectivity index (χ3v) is 11.3. The van der Waals surface area contributed by atoms with E-state index in [4.69, 9.17) is 14.2 Å². The van der Waals surface area contributed by atoms with Gasteiger partial charge in [0.2, 0.25) is 0 Å². The number of carbonyl (C=O) groups excluding carboxylic acids is 3. The molecule has 0 spiro atoms. The fraction of sp³-hybridized carbons (Fsp3) is 0.940. The summed E-state index contributed by atoms with van der Waals surface area (Å²) >= 11 is 0. The number of unbranched alkanes of at least 4 members (excludes halogenated alkanes) is 32. The Labute approximate surface area is 348 Å². The quantitative estimate of drug-likeness (QED) is 0.0347. The first-order valence-corrected chi connectivity index (χ1v) is 24.9. The van der Waals surface area contributed by atoms with Gasteiger partial charge >= 0.3 is 17.9 Å². The summed E-state index contributed by atoms with van der Waals surface area (Å²) in [6.45, 7) is 8.97. The van der Waals surface area contributed by atoms with Gasteiger partial charge in [0.25, 0.3) is 0 Å². The van der Waals surface area contributed by atoms with Gasteiger partial charge < -0.3 is 14.2 Å². The first-order chi connectivity index (χ1) is 27.4. The molecule has 0 bridgehead atoms. The van der Waals surface area contributed by atoms with E-state index in [0.29, 0.717) is 19.3 Å². The van der Waals surface area contributed by atoms with E-state index in [2.05, 4.69) is 27.7 Å². The maximum atomic E-state index is 12.6. The van der Waals surface area contributed by atoms with E-state index >= 15 is 0 Å². The fourth-order valence-electron chi connectivity index (χ4n) is 7.51. The van der Waals surface area contributed by atoms with Gasteiger partial charge in [-0.15, -0.1) is 0 Å². The second-order valence-corrected chi connectivity index (χ2v) is 17.6. The standard InChI is InChI=1S/C50H96O6/c1-5-7-9-11-13-14-15-16-17-18-19-20-23-26-30-33-37-41-48(51)54-44-47(56-50(53)43-39-35-28-12-10-8-6-2)45-55-49(52)42-38-34-31-27-24-21-22-25-29-32-36-40-46(3)4/h46-47H,5-45H2,1-4H3/t47-/m1/s1. The SMILES string of the molecule is CCCCCCCCCCCCCCCCCCCC(=O)OC[C@H](COC(=O)CCCCCCCCCCCCCC(C)C)OC(=O)CCCCCCCCC. The average Bonchev–Trinajstić information content (AvgIpc) is 3.18. The molecule has 332 valence electrons. The van der Waals surface area contributed by atoms with Crippen LogP contribution < -0.4 is 0 Å². The van der Waals surface area contributed by atoms with Crippen molar-refractivity contribution in [2.24, 2.45) is 5.92 Å². The Morgan fingerprint density at radius 3 is 0.875 bits per heavy atom. The van der Waals surface area contributed by atoms with Crippen LogP contribution in [0.2, 0.25) is 0 Å². The first-order valence-electron chi connectivity index (χ1n) is 24.9. The molecule has 1 atom stereocenters. The molecule has 0 unspecified atom stereocenters. The van der Waals surface area contributed by atoms with Gasteiger partial charge in [0.05, 0.1) is 0 Å². The van der Waals surface area contributed by atoms with Crippen molar-refractivity contribution < 1.29 is 28.6 Å². The van der Waals surface area contributed by atoms with Gasteiger partial charge in [0.15, 0.2) is 6.10 Å². The van der Waals surface area contributed by atoms with E-state index < -0.39 is 6.10 Å². The molecule has 0 saturated heterocycles. The molecule has 0 fully saturated rings. The van der Waals surface area contributed by atoms with Crippen LogP contribution in [0, 0.1) is 5.92 Å². The van der Waals surface area contributed by atoms with Gasteiger partial charge in [-0.1, -0.05) is 240 Å². The third-order valence-electron chi connectivity index (χ3n) is 11.3. The van der Waals surface area contributed by atoms with E-state index in [1.54, 1.807) is 0 Å². The second kappa shape index (κ2) is 44.5. The minimum absolute atomic E-state index is 0.0637. The van der Waals surface area contributed by atoms with Gasteiger partial charge in [0.1, 0.15) is 13.2 Å². The summed E-state index contributed by atoms with van der Waals surface area (Å²) in [6.07, 6.45) is 45.3. The largest absolute Gasteiger partial charge is 0.462 e. The monoisotopic (exact) mass is 793 g/mol. The lowest BCUT2D eigenvalue weighted by atomic mass is 10.0. The molecule has 6 heteroatoms. The molecule has 0 aromatic carbocycles. The number of rotatable bonds is 45. The molecule has 0 aliphatic carbocycles. The first kappa shape index (κ1) is 54.4. The smallest absolute Gasteiger partial charge is 0.306 e. The number of carbonyl (C=O) groups is 3. The molecule has 0 aromatic heterocycles. The average molecular weight is 793 g/mol. The van der Waals surface area contributed by atoms with E-state index in [0.717, 1.165) is 63.7 Å². The van der Waals surface area contributed by atoms with Crippen molar-refractivity contribution in [1.82, 2.24) is 0 Å². The van der Waals surface area contributed by atoms with E-state index in [1.807, 2.05) is 0 Å². The highest BCUT2D eigenvalue weighted by Gasteiger charge is 2.19. The van der Waals surface area contributed by atoms with Crippen LogP contribution in [0.1, 0.15) is 278 Å². The van der Waals surface area contributed by atoms with E-state index in [9.17, 15) is 14.4 Å². The number of ether oxygens (including phenoxy) is 3. The summed E-state index contributed by atoms with van der Waals surface area (Å²) in [5.41, 5.74) is 0. The minimum atomic E-state index is -0.759. The summed E-state index contributed by atoms with van der Waals surface area (Å²) in [6, 6.07) is 0.